The third-order valence-electron chi connectivity index (χ3n) is 2.11. The van der Waals surface area contributed by atoms with Crippen molar-refractivity contribution in [1.29, 1.82) is 0 Å². The standard InChI is InChI=1S/C8H10O4/c1-8(2)4(7(11)12)3-5(9)6(8)10/h3,5,9H,1-2H3,(H,11,12). The van der Waals surface area contributed by atoms with Crippen LogP contribution < -0.4 is 0 Å². The van der Waals surface area contributed by atoms with Gasteiger partial charge in [-0.2, -0.15) is 0 Å². The minimum atomic E-state index is -1.26. The van der Waals surface area contributed by atoms with Crippen LogP contribution in [0.3, 0.4) is 0 Å². The number of aliphatic hydroxyl groups excluding tert-OH is 1. The molecule has 1 unspecified atom stereocenters. The molecule has 0 bridgehead atoms. The smallest absolute Gasteiger partial charge is 0.332 e. The van der Waals surface area contributed by atoms with E-state index in [1.165, 1.54) is 13.8 Å². The van der Waals surface area contributed by atoms with Crippen molar-refractivity contribution in [2.24, 2.45) is 5.41 Å². The van der Waals surface area contributed by atoms with Gasteiger partial charge in [-0.15, -0.1) is 0 Å². The highest BCUT2D eigenvalue weighted by Gasteiger charge is 2.44. The monoisotopic (exact) mass is 170 g/mol. The maximum Gasteiger partial charge on any atom is 0.332 e. The number of rotatable bonds is 1. The zero-order valence-corrected chi connectivity index (χ0v) is 6.87. The van der Waals surface area contributed by atoms with Crippen LogP contribution in [-0.4, -0.2) is 28.1 Å². The molecule has 2 N–H and O–H groups in total. The molecule has 0 amide bonds. The van der Waals surface area contributed by atoms with Gasteiger partial charge in [-0.25, -0.2) is 4.79 Å². The Balaban J connectivity index is 3.11. The van der Waals surface area contributed by atoms with E-state index in [4.69, 9.17) is 10.2 Å². The van der Waals surface area contributed by atoms with Crippen molar-refractivity contribution in [1.82, 2.24) is 0 Å². The average Bonchev–Trinajstić information content (AvgIpc) is 2.13. The highest BCUT2D eigenvalue weighted by atomic mass is 16.4. The molecule has 4 nitrogen and oxygen atoms in total. The van der Waals surface area contributed by atoms with Gasteiger partial charge >= 0.3 is 5.97 Å². The number of ketones is 1. The van der Waals surface area contributed by atoms with E-state index in [1.54, 1.807) is 0 Å². The summed E-state index contributed by atoms with van der Waals surface area (Å²) in [5.74, 6) is -1.61. The summed E-state index contributed by atoms with van der Waals surface area (Å²) < 4.78 is 0. The summed E-state index contributed by atoms with van der Waals surface area (Å²) in [5.41, 5.74) is -1.09. The Morgan fingerprint density at radius 2 is 2.08 bits per heavy atom. The van der Waals surface area contributed by atoms with Crippen LogP contribution in [0.2, 0.25) is 0 Å². The van der Waals surface area contributed by atoms with Crippen molar-refractivity contribution in [2.45, 2.75) is 20.0 Å². The zero-order valence-electron chi connectivity index (χ0n) is 6.87. The quantitative estimate of drug-likeness (QED) is 0.579. The predicted molar refractivity (Wildman–Crippen MR) is 40.5 cm³/mol. The van der Waals surface area contributed by atoms with Crippen LogP contribution in [0.5, 0.6) is 0 Å². The summed E-state index contributed by atoms with van der Waals surface area (Å²) in [5, 5.41) is 17.7. The van der Waals surface area contributed by atoms with Gasteiger partial charge in [0.25, 0.3) is 0 Å². The highest BCUT2D eigenvalue weighted by Crippen LogP contribution is 2.34. The number of Topliss-reactive ketones (excluding diaryl/α,β-unsaturated/α-hetero) is 1. The van der Waals surface area contributed by atoms with E-state index in [2.05, 4.69) is 0 Å². The second-order valence-corrected chi connectivity index (χ2v) is 3.32. The Kier molecular flexibility index (Phi) is 1.80. The first-order valence-corrected chi connectivity index (χ1v) is 3.55. The van der Waals surface area contributed by atoms with Gasteiger partial charge in [-0.1, -0.05) is 0 Å². The Morgan fingerprint density at radius 3 is 2.25 bits per heavy atom. The maximum absolute atomic E-state index is 11.2. The minimum absolute atomic E-state index is 0.0278. The average molecular weight is 170 g/mol. The van der Waals surface area contributed by atoms with Crippen molar-refractivity contribution in [3.05, 3.63) is 11.6 Å². The molecule has 66 valence electrons. The minimum Gasteiger partial charge on any atom is -0.478 e. The molecule has 0 saturated heterocycles. The van der Waals surface area contributed by atoms with Crippen molar-refractivity contribution in [3.63, 3.8) is 0 Å². The van der Waals surface area contributed by atoms with Gasteiger partial charge in [0.2, 0.25) is 0 Å². The predicted octanol–water partition coefficient (Wildman–Crippen LogP) is -0.0328. The molecule has 0 aliphatic heterocycles. The Bertz CT molecular complexity index is 275. The van der Waals surface area contributed by atoms with Gasteiger partial charge in [0.15, 0.2) is 5.78 Å². The van der Waals surface area contributed by atoms with Crippen LogP contribution in [0.15, 0.2) is 11.6 Å². The molecule has 0 fully saturated rings. The van der Waals surface area contributed by atoms with E-state index in [0.717, 1.165) is 6.08 Å². The first kappa shape index (κ1) is 8.93. The van der Waals surface area contributed by atoms with Crippen LogP contribution in [0.25, 0.3) is 0 Å². The van der Waals surface area contributed by atoms with Crippen LogP contribution >= 0.6 is 0 Å². The van der Waals surface area contributed by atoms with Gasteiger partial charge in [-0.05, 0) is 19.9 Å². The molecule has 4 heteroatoms. The van der Waals surface area contributed by atoms with Crippen molar-refractivity contribution >= 4 is 11.8 Å². The summed E-state index contributed by atoms with van der Waals surface area (Å²) in [7, 11) is 0. The number of carbonyl (C=O) groups excluding carboxylic acids is 1. The largest absolute Gasteiger partial charge is 0.478 e. The first-order chi connectivity index (χ1) is 5.37. The van der Waals surface area contributed by atoms with E-state index >= 15 is 0 Å². The fraction of sp³-hybridized carbons (Fsp3) is 0.500. The highest BCUT2D eigenvalue weighted by molar-refractivity contribution is 6.06. The molecule has 1 rings (SSSR count). The molecule has 0 aromatic heterocycles. The van der Waals surface area contributed by atoms with Crippen molar-refractivity contribution in [2.75, 3.05) is 0 Å². The number of aliphatic hydroxyl groups is 1. The van der Waals surface area contributed by atoms with E-state index in [0.29, 0.717) is 0 Å². The number of aliphatic carboxylic acids is 1. The van der Waals surface area contributed by atoms with Crippen LogP contribution in [0.4, 0.5) is 0 Å². The van der Waals surface area contributed by atoms with Gasteiger partial charge in [0.05, 0.1) is 5.41 Å². The fourth-order valence-electron chi connectivity index (χ4n) is 1.28. The molecule has 1 atom stereocenters. The van der Waals surface area contributed by atoms with Crippen LogP contribution in [0, 0.1) is 5.41 Å². The lowest BCUT2D eigenvalue weighted by Gasteiger charge is -2.17. The molecule has 1 aliphatic carbocycles. The van der Waals surface area contributed by atoms with E-state index in [9.17, 15) is 9.59 Å². The van der Waals surface area contributed by atoms with Crippen LogP contribution in [0.1, 0.15) is 13.8 Å². The summed E-state index contributed by atoms with van der Waals surface area (Å²) in [6.07, 6.45) is -0.170. The molecule has 0 spiro atoms. The van der Waals surface area contributed by atoms with E-state index in [-0.39, 0.29) is 5.57 Å². The number of carboxylic acid groups (broad SMARTS) is 1. The lowest BCUT2D eigenvalue weighted by Crippen LogP contribution is -2.29. The fourth-order valence-corrected chi connectivity index (χ4v) is 1.28. The molecular weight excluding hydrogens is 160 g/mol. The Morgan fingerprint density at radius 1 is 1.58 bits per heavy atom. The molecule has 0 aromatic carbocycles. The van der Waals surface area contributed by atoms with Gasteiger partial charge in [0, 0.05) is 5.57 Å². The normalized spacial score (nSPS) is 27.1. The third kappa shape index (κ3) is 1.04. The SMILES string of the molecule is CC1(C)C(=O)C(O)C=C1C(=O)O. The second-order valence-electron chi connectivity index (χ2n) is 3.32. The van der Waals surface area contributed by atoms with Crippen molar-refractivity contribution < 1.29 is 19.8 Å². The molecule has 1 aliphatic rings. The second kappa shape index (κ2) is 2.42. The zero-order chi connectivity index (χ0) is 9.52. The Labute approximate surface area is 69.5 Å². The molecule has 0 heterocycles. The van der Waals surface area contributed by atoms with E-state index < -0.39 is 23.3 Å². The van der Waals surface area contributed by atoms with Gasteiger partial charge < -0.3 is 10.2 Å². The summed E-state index contributed by atoms with van der Waals surface area (Å²) in [6.45, 7) is 2.98. The number of carbonyl (C=O) groups is 2. The molecule has 0 radical (unpaired) electrons. The first-order valence-electron chi connectivity index (χ1n) is 3.55. The lowest BCUT2D eigenvalue weighted by atomic mass is 9.84. The maximum atomic E-state index is 11.2. The van der Waals surface area contributed by atoms with Crippen LogP contribution in [-0.2, 0) is 9.59 Å². The summed E-state index contributed by atoms with van der Waals surface area (Å²) >= 11 is 0. The van der Waals surface area contributed by atoms with Gasteiger partial charge in [-0.3, -0.25) is 4.79 Å². The molecule has 0 aromatic rings. The van der Waals surface area contributed by atoms with Crippen molar-refractivity contribution in [3.8, 4) is 0 Å². The molecule has 0 saturated carbocycles. The summed E-state index contributed by atoms with van der Waals surface area (Å²) in [6, 6.07) is 0. The summed E-state index contributed by atoms with van der Waals surface area (Å²) in [4.78, 5) is 21.8. The van der Waals surface area contributed by atoms with E-state index in [1.807, 2.05) is 0 Å². The molecule has 12 heavy (non-hydrogen) atoms. The third-order valence-corrected chi connectivity index (χ3v) is 2.11. The number of hydrogen-bond acceptors (Lipinski definition) is 3. The lowest BCUT2D eigenvalue weighted by molar-refractivity contribution is -0.137. The van der Waals surface area contributed by atoms with Gasteiger partial charge in [0.1, 0.15) is 6.10 Å². The topological polar surface area (TPSA) is 74.6 Å². The Hall–Kier alpha value is -1.16. The number of carboxylic acids is 1. The molecular formula is C8H10O4. The number of hydrogen-bond donors (Lipinski definition) is 2.